The molecule has 0 heterocycles. The molecule has 0 saturated heterocycles. The van der Waals surface area contributed by atoms with E-state index in [-0.39, 0.29) is 0 Å². The molecule has 0 fully saturated rings. The van der Waals surface area contributed by atoms with E-state index in [4.69, 9.17) is 5.11 Å². The molecule has 1 rings (SSSR count). The van der Waals surface area contributed by atoms with Crippen LogP contribution in [0.5, 0.6) is 0 Å². The van der Waals surface area contributed by atoms with Crippen LogP contribution in [-0.2, 0) is 17.8 Å². The summed E-state index contributed by atoms with van der Waals surface area (Å²) in [6.07, 6.45) is 8.03. The van der Waals surface area contributed by atoms with Gasteiger partial charge in [0, 0.05) is 13.0 Å². The maximum atomic E-state index is 10.4. The standard InChI is InChI=1S/C18H29NO2/c1-2-3-8-16-10-12-17(13-11-16)15-19-14-7-5-4-6-9-18(20)21/h10-13,19H,2-9,14-15H2,1H3,(H,20,21). The van der Waals surface area contributed by atoms with Crippen LogP contribution >= 0.6 is 0 Å². The first-order valence-electron chi connectivity index (χ1n) is 8.22. The summed E-state index contributed by atoms with van der Waals surface area (Å²) in [5.41, 5.74) is 2.76. The van der Waals surface area contributed by atoms with Gasteiger partial charge in [0.1, 0.15) is 0 Å². The number of nitrogens with one attached hydrogen (secondary N) is 1. The average Bonchev–Trinajstić information content (AvgIpc) is 2.48. The van der Waals surface area contributed by atoms with Crippen LogP contribution in [0.1, 0.15) is 63.0 Å². The highest BCUT2D eigenvalue weighted by atomic mass is 16.4. The van der Waals surface area contributed by atoms with Gasteiger partial charge in [0.15, 0.2) is 0 Å². The van der Waals surface area contributed by atoms with Crippen molar-refractivity contribution in [1.29, 1.82) is 0 Å². The Hall–Kier alpha value is -1.35. The monoisotopic (exact) mass is 291 g/mol. The van der Waals surface area contributed by atoms with E-state index in [1.807, 2.05) is 0 Å². The summed E-state index contributed by atoms with van der Waals surface area (Å²) in [4.78, 5) is 10.4. The van der Waals surface area contributed by atoms with Gasteiger partial charge in [0.2, 0.25) is 0 Å². The highest BCUT2D eigenvalue weighted by molar-refractivity contribution is 5.66. The fourth-order valence-corrected chi connectivity index (χ4v) is 2.32. The van der Waals surface area contributed by atoms with E-state index in [1.54, 1.807) is 0 Å². The van der Waals surface area contributed by atoms with Crippen LogP contribution in [0.2, 0.25) is 0 Å². The predicted molar refractivity (Wildman–Crippen MR) is 87.5 cm³/mol. The first-order valence-corrected chi connectivity index (χ1v) is 8.22. The molecular weight excluding hydrogens is 262 g/mol. The van der Waals surface area contributed by atoms with E-state index < -0.39 is 5.97 Å². The molecule has 0 radical (unpaired) electrons. The SMILES string of the molecule is CCCCc1ccc(CNCCCCCCC(=O)O)cc1. The van der Waals surface area contributed by atoms with Gasteiger partial charge in [-0.3, -0.25) is 4.79 Å². The molecule has 0 atom stereocenters. The number of unbranched alkanes of at least 4 members (excludes halogenated alkanes) is 4. The molecule has 21 heavy (non-hydrogen) atoms. The van der Waals surface area contributed by atoms with Crippen molar-refractivity contribution in [2.24, 2.45) is 0 Å². The molecule has 1 aromatic rings. The Morgan fingerprint density at radius 3 is 2.33 bits per heavy atom. The van der Waals surface area contributed by atoms with Gasteiger partial charge in [-0.15, -0.1) is 0 Å². The van der Waals surface area contributed by atoms with Crippen LogP contribution < -0.4 is 5.32 Å². The molecule has 0 bridgehead atoms. The predicted octanol–water partition coefficient (Wildman–Crippen LogP) is 4.15. The van der Waals surface area contributed by atoms with E-state index in [0.717, 1.165) is 38.8 Å². The van der Waals surface area contributed by atoms with Crippen molar-refractivity contribution in [3.05, 3.63) is 35.4 Å². The lowest BCUT2D eigenvalue weighted by Crippen LogP contribution is -2.14. The highest BCUT2D eigenvalue weighted by Gasteiger charge is 1.97. The van der Waals surface area contributed by atoms with E-state index >= 15 is 0 Å². The number of benzene rings is 1. The zero-order valence-corrected chi connectivity index (χ0v) is 13.2. The number of rotatable bonds is 12. The number of carbonyl (C=O) groups is 1. The second-order valence-electron chi connectivity index (χ2n) is 5.65. The lowest BCUT2D eigenvalue weighted by Gasteiger charge is -2.06. The van der Waals surface area contributed by atoms with Crippen LogP contribution in [0.25, 0.3) is 0 Å². The first kappa shape index (κ1) is 17.7. The van der Waals surface area contributed by atoms with E-state index in [0.29, 0.717) is 6.42 Å². The van der Waals surface area contributed by atoms with E-state index in [2.05, 4.69) is 36.5 Å². The molecule has 3 nitrogen and oxygen atoms in total. The quantitative estimate of drug-likeness (QED) is 0.569. The molecule has 0 unspecified atom stereocenters. The van der Waals surface area contributed by atoms with Crippen molar-refractivity contribution in [2.45, 2.75) is 64.8 Å². The molecule has 0 aliphatic heterocycles. The Morgan fingerprint density at radius 2 is 1.67 bits per heavy atom. The highest BCUT2D eigenvalue weighted by Crippen LogP contribution is 2.08. The lowest BCUT2D eigenvalue weighted by molar-refractivity contribution is -0.137. The fraction of sp³-hybridized carbons (Fsp3) is 0.611. The Balaban J connectivity index is 2.03. The fourth-order valence-electron chi connectivity index (χ4n) is 2.32. The molecule has 0 saturated carbocycles. The maximum absolute atomic E-state index is 10.4. The van der Waals surface area contributed by atoms with Crippen LogP contribution in [0.4, 0.5) is 0 Å². The Labute approximate surface area is 128 Å². The van der Waals surface area contributed by atoms with Gasteiger partial charge in [-0.1, -0.05) is 50.5 Å². The zero-order valence-electron chi connectivity index (χ0n) is 13.2. The van der Waals surface area contributed by atoms with E-state index in [9.17, 15) is 4.79 Å². The van der Waals surface area contributed by atoms with Crippen molar-refractivity contribution in [3.8, 4) is 0 Å². The minimum atomic E-state index is -0.685. The average molecular weight is 291 g/mol. The molecule has 3 heteroatoms. The van der Waals surface area contributed by atoms with Crippen LogP contribution in [0, 0.1) is 0 Å². The molecule has 0 aliphatic carbocycles. The summed E-state index contributed by atoms with van der Waals surface area (Å²) in [6, 6.07) is 8.90. The Kier molecular flexibility index (Phi) is 9.55. The molecule has 0 spiro atoms. The number of aliphatic carboxylic acids is 1. The number of carboxylic acid groups (broad SMARTS) is 1. The van der Waals surface area contributed by atoms with Gasteiger partial charge in [-0.2, -0.15) is 0 Å². The minimum absolute atomic E-state index is 0.303. The first-order chi connectivity index (χ1) is 10.2. The molecule has 0 amide bonds. The van der Waals surface area contributed by atoms with Crippen molar-refractivity contribution < 1.29 is 9.90 Å². The zero-order chi connectivity index (χ0) is 15.3. The Bertz CT molecular complexity index is 387. The van der Waals surface area contributed by atoms with Gasteiger partial charge in [0.25, 0.3) is 0 Å². The number of hydrogen-bond acceptors (Lipinski definition) is 2. The third kappa shape index (κ3) is 9.24. The summed E-state index contributed by atoms with van der Waals surface area (Å²) in [6.45, 7) is 4.15. The van der Waals surface area contributed by atoms with Gasteiger partial charge in [0.05, 0.1) is 0 Å². The maximum Gasteiger partial charge on any atom is 0.303 e. The topological polar surface area (TPSA) is 49.3 Å². The second-order valence-corrected chi connectivity index (χ2v) is 5.65. The van der Waals surface area contributed by atoms with Gasteiger partial charge < -0.3 is 10.4 Å². The second kappa shape index (κ2) is 11.3. The molecule has 2 N–H and O–H groups in total. The summed E-state index contributed by atoms with van der Waals surface area (Å²) in [7, 11) is 0. The molecule has 1 aromatic carbocycles. The Morgan fingerprint density at radius 1 is 1.00 bits per heavy atom. The number of hydrogen-bond donors (Lipinski definition) is 2. The minimum Gasteiger partial charge on any atom is -0.481 e. The van der Waals surface area contributed by atoms with Crippen LogP contribution in [0.3, 0.4) is 0 Å². The van der Waals surface area contributed by atoms with Gasteiger partial charge >= 0.3 is 5.97 Å². The molecule has 118 valence electrons. The van der Waals surface area contributed by atoms with Crippen LogP contribution in [-0.4, -0.2) is 17.6 Å². The molecule has 0 aromatic heterocycles. The number of aryl methyl sites for hydroxylation is 1. The summed E-state index contributed by atoms with van der Waals surface area (Å²) in [5, 5.41) is 12.0. The van der Waals surface area contributed by atoms with Crippen molar-refractivity contribution in [3.63, 3.8) is 0 Å². The molecular formula is C18H29NO2. The summed E-state index contributed by atoms with van der Waals surface area (Å²) < 4.78 is 0. The largest absolute Gasteiger partial charge is 0.481 e. The lowest BCUT2D eigenvalue weighted by atomic mass is 10.1. The van der Waals surface area contributed by atoms with Crippen molar-refractivity contribution in [1.82, 2.24) is 5.32 Å². The smallest absolute Gasteiger partial charge is 0.303 e. The number of carboxylic acids is 1. The summed E-state index contributed by atoms with van der Waals surface area (Å²) >= 11 is 0. The van der Waals surface area contributed by atoms with Gasteiger partial charge in [-0.05, 0) is 43.4 Å². The van der Waals surface area contributed by atoms with Crippen molar-refractivity contribution in [2.75, 3.05) is 6.54 Å². The van der Waals surface area contributed by atoms with Crippen LogP contribution in [0.15, 0.2) is 24.3 Å². The third-order valence-corrected chi connectivity index (χ3v) is 3.67. The van der Waals surface area contributed by atoms with Crippen molar-refractivity contribution >= 4 is 5.97 Å². The molecule has 0 aliphatic rings. The normalized spacial score (nSPS) is 10.7. The summed E-state index contributed by atoms with van der Waals surface area (Å²) in [5.74, 6) is -0.685. The van der Waals surface area contributed by atoms with E-state index in [1.165, 1.54) is 30.4 Å². The third-order valence-electron chi connectivity index (χ3n) is 3.67. The van der Waals surface area contributed by atoms with Gasteiger partial charge in [-0.25, -0.2) is 0 Å².